The highest BCUT2D eigenvalue weighted by molar-refractivity contribution is 5.39. The first kappa shape index (κ1) is 10.4. The summed E-state index contributed by atoms with van der Waals surface area (Å²) < 4.78 is 0. The molecule has 0 aliphatic carbocycles. The van der Waals surface area contributed by atoms with Gasteiger partial charge >= 0.3 is 0 Å². The molecular formula is C8H12N4O2. The van der Waals surface area contributed by atoms with E-state index in [1.165, 1.54) is 12.3 Å². The van der Waals surface area contributed by atoms with E-state index in [9.17, 15) is 10.1 Å². The molecule has 0 atom stereocenters. The SMILES string of the molecule is CNCCNc1ccc([N+](=O)[O-])cn1. The number of likely N-dealkylation sites (N-methyl/N-ethyl adjacent to an activating group) is 1. The number of hydrogen-bond donors (Lipinski definition) is 2. The Morgan fingerprint density at radius 3 is 2.79 bits per heavy atom. The smallest absolute Gasteiger partial charge is 0.287 e. The van der Waals surface area contributed by atoms with E-state index in [1.807, 2.05) is 7.05 Å². The summed E-state index contributed by atoms with van der Waals surface area (Å²) >= 11 is 0. The molecule has 6 heteroatoms. The molecule has 1 aromatic heterocycles. The Morgan fingerprint density at radius 1 is 1.50 bits per heavy atom. The number of nitrogens with zero attached hydrogens (tertiary/aromatic N) is 2. The third-order valence-electron chi connectivity index (χ3n) is 1.64. The van der Waals surface area contributed by atoms with Crippen LogP contribution in [0.5, 0.6) is 0 Å². The molecular weight excluding hydrogens is 184 g/mol. The van der Waals surface area contributed by atoms with Gasteiger partial charge in [0.1, 0.15) is 12.0 Å². The fourth-order valence-corrected chi connectivity index (χ4v) is 0.914. The Morgan fingerprint density at radius 2 is 2.29 bits per heavy atom. The van der Waals surface area contributed by atoms with E-state index in [4.69, 9.17) is 0 Å². The first-order chi connectivity index (χ1) is 6.74. The molecule has 0 unspecified atom stereocenters. The summed E-state index contributed by atoms with van der Waals surface area (Å²) in [7, 11) is 1.85. The lowest BCUT2D eigenvalue weighted by atomic mass is 10.4. The highest BCUT2D eigenvalue weighted by Crippen LogP contribution is 2.11. The predicted octanol–water partition coefficient (Wildman–Crippen LogP) is 0.621. The van der Waals surface area contributed by atoms with Crippen molar-refractivity contribution in [1.29, 1.82) is 0 Å². The van der Waals surface area contributed by atoms with Gasteiger partial charge in [-0.15, -0.1) is 0 Å². The summed E-state index contributed by atoms with van der Waals surface area (Å²) in [5, 5.41) is 16.3. The van der Waals surface area contributed by atoms with E-state index >= 15 is 0 Å². The molecule has 2 N–H and O–H groups in total. The first-order valence-corrected chi connectivity index (χ1v) is 4.23. The van der Waals surface area contributed by atoms with Gasteiger partial charge in [0.05, 0.1) is 4.92 Å². The molecule has 6 nitrogen and oxygen atoms in total. The third-order valence-corrected chi connectivity index (χ3v) is 1.64. The van der Waals surface area contributed by atoms with Crippen molar-refractivity contribution < 1.29 is 4.92 Å². The van der Waals surface area contributed by atoms with Crippen molar-refractivity contribution in [1.82, 2.24) is 10.3 Å². The van der Waals surface area contributed by atoms with Crippen molar-refractivity contribution in [3.63, 3.8) is 0 Å². The second kappa shape index (κ2) is 5.13. The van der Waals surface area contributed by atoms with Crippen LogP contribution >= 0.6 is 0 Å². The molecule has 0 fully saturated rings. The molecule has 0 aliphatic rings. The largest absolute Gasteiger partial charge is 0.369 e. The normalized spacial score (nSPS) is 9.79. The molecule has 0 aliphatic heterocycles. The van der Waals surface area contributed by atoms with Crippen LogP contribution in [0.1, 0.15) is 0 Å². The van der Waals surface area contributed by atoms with Gasteiger partial charge in [0.2, 0.25) is 0 Å². The molecule has 0 radical (unpaired) electrons. The van der Waals surface area contributed by atoms with Gasteiger partial charge in [0.25, 0.3) is 5.69 Å². The lowest BCUT2D eigenvalue weighted by Crippen LogP contribution is -2.18. The number of aromatic nitrogens is 1. The van der Waals surface area contributed by atoms with Crippen LogP contribution in [0.15, 0.2) is 18.3 Å². The van der Waals surface area contributed by atoms with Crippen LogP contribution in [-0.4, -0.2) is 30.0 Å². The average Bonchev–Trinajstić information content (AvgIpc) is 2.19. The van der Waals surface area contributed by atoms with E-state index in [0.717, 1.165) is 13.1 Å². The molecule has 0 spiro atoms. The standard InChI is InChI=1S/C8H12N4O2/c1-9-4-5-10-8-3-2-7(6-11-8)12(13)14/h2-3,6,9H,4-5H2,1H3,(H,10,11). The lowest BCUT2D eigenvalue weighted by molar-refractivity contribution is -0.385. The van der Waals surface area contributed by atoms with Gasteiger partial charge in [0.15, 0.2) is 0 Å². The minimum Gasteiger partial charge on any atom is -0.369 e. The van der Waals surface area contributed by atoms with Gasteiger partial charge in [-0.3, -0.25) is 10.1 Å². The fourth-order valence-electron chi connectivity index (χ4n) is 0.914. The molecule has 0 aromatic carbocycles. The van der Waals surface area contributed by atoms with Crippen LogP contribution in [0.3, 0.4) is 0 Å². The fraction of sp³-hybridized carbons (Fsp3) is 0.375. The lowest BCUT2D eigenvalue weighted by Gasteiger charge is -2.03. The second-order valence-corrected chi connectivity index (χ2v) is 2.69. The maximum Gasteiger partial charge on any atom is 0.287 e. The second-order valence-electron chi connectivity index (χ2n) is 2.69. The van der Waals surface area contributed by atoms with Crippen molar-refractivity contribution in [3.8, 4) is 0 Å². The van der Waals surface area contributed by atoms with Crippen LogP contribution in [0.4, 0.5) is 11.5 Å². The Hall–Kier alpha value is -1.69. The van der Waals surface area contributed by atoms with E-state index in [0.29, 0.717) is 5.82 Å². The highest BCUT2D eigenvalue weighted by Gasteiger charge is 2.04. The molecule has 0 saturated heterocycles. The highest BCUT2D eigenvalue weighted by atomic mass is 16.6. The van der Waals surface area contributed by atoms with Crippen molar-refractivity contribution in [2.45, 2.75) is 0 Å². The zero-order valence-electron chi connectivity index (χ0n) is 7.86. The Labute approximate surface area is 81.5 Å². The number of rotatable bonds is 5. The number of nitro groups is 1. The van der Waals surface area contributed by atoms with Gasteiger partial charge < -0.3 is 10.6 Å². The van der Waals surface area contributed by atoms with Gasteiger partial charge in [-0.2, -0.15) is 0 Å². The van der Waals surface area contributed by atoms with Crippen molar-refractivity contribution in [2.75, 3.05) is 25.5 Å². The monoisotopic (exact) mass is 196 g/mol. The minimum atomic E-state index is -0.468. The molecule has 0 saturated carbocycles. The summed E-state index contributed by atoms with van der Waals surface area (Å²) in [5.41, 5.74) is 0.00386. The van der Waals surface area contributed by atoms with E-state index in [-0.39, 0.29) is 5.69 Å². The number of anilines is 1. The number of nitrogens with one attached hydrogen (secondary N) is 2. The van der Waals surface area contributed by atoms with E-state index in [1.54, 1.807) is 6.07 Å². The summed E-state index contributed by atoms with van der Waals surface area (Å²) in [6.45, 7) is 1.56. The predicted molar refractivity (Wildman–Crippen MR) is 53.3 cm³/mol. The maximum absolute atomic E-state index is 10.3. The van der Waals surface area contributed by atoms with Gasteiger partial charge in [-0.25, -0.2) is 4.98 Å². The Kier molecular flexibility index (Phi) is 3.81. The van der Waals surface area contributed by atoms with Crippen LogP contribution in [-0.2, 0) is 0 Å². The Balaban J connectivity index is 2.51. The van der Waals surface area contributed by atoms with Gasteiger partial charge in [-0.1, -0.05) is 0 Å². The summed E-state index contributed by atoms with van der Waals surface area (Å²) in [6, 6.07) is 3.02. The van der Waals surface area contributed by atoms with Crippen molar-refractivity contribution >= 4 is 11.5 Å². The molecule has 0 amide bonds. The molecule has 0 bridgehead atoms. The molecule has 1 rings (SSSR count). The topological polar surface area (TPSA) is 80.1 Å². The molecule has 76 valence electrons. The minimum absolute atomic E-state index is 0.00386. The maximum atomic E-state index is 10.3. The summed E-state index contributed by atoms with van der Waals surface area (Å²) in [6.07, 6.45) is 1.24. The van der Waals surface area contributed by atoms with Crippen LogP contribution in [0.2, 0.25) is 0 Å². The molecule has 1 heterocycles. The number of hydrogen-bond acceptors (Lipinski definition) is 5. The average molecular weight is 196 g/mol. The first-order valence-electron chi connectivity index (χ1n) is 4.23. The van der Waals surface area contributed by atoms with E-state index < -0.39 is 4.92 Å². The number of pyridine rings is 1. The summed E-state index contributed by atoms with van der Waals surface area (Å²) in [5.74, 6) is 0.644. The zero-order valence-corrected chi connectivity index (χ0v) is 7.86. The third kappa shape index (κ3) is 2.98. The van der Waals surface area contributed by atoms with Gasteiger partial charge in [-0.05, 0) is 13.1 Å². The van der Waals surface area contributed by atoms with Crippen molar-refractivity contribution in [2.24, 2.45) is 0 Å². The molecule has 14 heavy (non-hydrogen) atoms. The van der Waals surface area contributed by atoms with Crippen LogP contribution < -0.4 is 10.6 Å². The molecule has 1 aromatic rings. The van der Waals surface area contributed by atoms with Crippen LogP contribution in [0.25, 0.3) is 0 Å². The van der Waals surface area contributed by atoms with Crippen LogP contribution in [0, 0.1) is 10.1 Å². The zero-order chi connectivity index (χ0) is 10.4. The Bertz CT molecular complexity index is 299. The van der Waals surface area contributed by atoms with E-state index in [2.05, 4.69) is 15.6 Å². The quantitative estimate of drug-likeness (QED) is 0.410. The van der Waals surface area contributed by atoms with Gasteiger partial charge in [0, 0.05) is 19.2 Å². The summed E-state index contributed by atoms with van der Waals surface area (Å²) in [4.78, 5) is 13.7. The van der Waals surface area contributed by atoms with Crippen molar-refractivity contribution in [3.05, 3.63) is 28.4 Å².